The van der Waals surface area contributed by atoms with Crippen LogP contribution in [0.15, 0.2) is 48.8 Å². The third-order valence-corrected chi connectivity index (χ3v) is 7.93. The Morgan fingerprint density at radius 3 is 2.76 bits per heavy atom. The predicted molar refractivity (Wildman–Crippen MR) is 146 cm³/mol. The number of aromatic nitrogens is 2. The summed E-state index contributed by atoms with van der Waals surface area (Å²) in [4.78, 5) is 19.1. The third-order valence-electron chi connectivity index (χ3n) is 7.93. The van der Waals surface area contributed by atoms with Gasteiger partial charge < -0.3 is 25.2 Å². The summed E-state index contributed by atoms with van der Waals surface area (Å²) < 4.78 is 5.63. The van der Waals surface area contributed by atoms with E-state index in [2.05, 4.69) is 66.8 Å². The molecule has 192 valence electrons. The summed E-state index contributed by atoms with van der Waals surface area (Å²) in [6.45, 7) is 10.1. The quantitative estimate of drug-likeness (QED) is 0.582. The molecule has 0 aliphatic carbocycles. The molecule has 9 heteroatoms. The van der Waals surface area contributed by atoms with Gasteiger partial charge in [-0.3, -0.25) is 9.88 Å². The minimum Gasteiger partial charge on any atom is -0.378 e. The maximum Gasteiger partial charge on any atom is 0.130 e. The van der Waals surface area contributed by atoms with Gasteiger partial charge in [0.05, 0.1) is 24.3 Å². The van der Waals surface area contributed by atoms with E-state index in [-0.39, 0.29) is 6.04 Å². The lowest BCUT2D eigenvalue weighted by Crippen LogP contribution is -2.65. The monoisotopic (exact) mass is 498 g/mol. The first-order valence-corrected chi connectivity index (χ1v) is 13.2. The second-order valence-electron chi connectivity index (χ2n) is 10.4. The molecule has 2 N–H and O–H groups in total. The molecule has 0 radical (unpaired) electrons. The molecule has 37 heavy (non-hydrogen) atoms. The standard InChI is InChI=1S/C28H34N8O/c1-20-15-35(26-5-4-21(14-29)28-25(26)3-2-7-32-28)18-24-17-33(9-10-36(20)24)23-6-8-31-27(13-23)34-11-12-37-19-22(30)16-34/h2-8,13,20,22,24H,9-12,15-19,30H2,1H3/t20-,22-,24+/m1/s1. The van der Waals surface area contributed by atoms with Crippen LogP contribution in [0.3, 0.4) is 0 Å². The Morgan fingerprint density at radius 2 is 1.86 bits per heavy atom. The van der Waals surface area contributed by atoms with E-state index in [0.29, 0.717) is 30.9 Å². The van der Waals surface area contributed by atoms with Gasteiger partial charge in [0.2, 0.25) is 0 Å². The Morgan fingerprint density at radius 1 is 0.973 bits per heavy atom. The van der Waals surface area contributed by atoms with Crippen LogP contribution in [0.1, 0.15) is 12.5 Å². The van der Waals surface area contributed by atoms with Crippen LogP contribution in [-0.4, -0.2) is 92.0 Å². The van der Waals surface area contributed by atoms with E-state index in [1.54, 1.807) is 6.20 Å². The molecule has 5 heterocycles. The van der Waals surface area contributed by atoms with Crippen LogP contribution < -0.4 is 20.4 Å². The summed E-state index contributed by atoms with van der Waals surface area (Å²) in [5, 5.41) is 10.6. The summed E-state index contributed by atoms with van der Waals surface area (Å²) in [7, 11) is 0. The zero-order chi connectivity index (χ0) is 25.4. The second kappa shape index (κ2) is 10.1. The first kappa shape index (κ1) is 23.9. The van der Waals surface area contributed by atoms with Crippen LogP contribution in [-0.2, 0) is 4.74 Å². The number of nitrogens with two attached hydrogens (primary N) is 1. The molecule has 3 saturated heterocycles. The molecular weight excluding hydrogens is 464 g/mol. The first-order chi connectivity index (χ1) is 18.1. The second-order valence-corrected chi connectivity index (χ2v) is 10.4. The van der Waals surface area contributed by atoms with Crippen molar-refractivity contribution in [2.24, 2.45) is 5.73 Å². The lowest BCUT2D eigenvalue weighted by Gasteiger charge is -2.51. The first-order valence-electron chi connectivity index (χ1n) is 13.2. The van der Waals surface area contributed by atoms with E-state index < -0.39 is 0 Å². The van der Waals surface area contributed by atoms with Crippen LogP contribution in [0.25, 0.3) is 10.9 Å². The molecule has 2 aromatic heterocycles. The predicted octanol–water partition coefficient (Wildman–Crippen LogP) is 2.06. The van der Waals surface area contributed by atoms with E-state index in [0.717, 1.165) is 68.2 Å². The minimum atomic E-state index is -0.000262. The number of fused-ring (bicyclic) bond motifs is 2. The number of rotatable bonds is 3. The van der Waals surface area contributed by atoms with Gasteiger partial charge in [0.15, 0.2) is 0 Å². The third kappa shape index (κ3) is 4.68. The van der Waals surface area contributed by atoms with Crippen molar-refractivity contribution in [3.8, 4) is 6.07 Å². The Balaban J connectivity index is 1.23. The molecule has 3 fully saturated rings. The molecule has 0 amide bonds. The van der Waals surface area contributed by atoms with Crippen molar-refractivity contribution in [1.29, 1.82) is 5.26 Å². The number of hydrogen-bond acceptors (Lipinski definition) is 9. The van der Waals surface area contributed by atoms with Crippen molar-refractivity contribution in [1.82, 2.24) is 14.9 Å². The number of hydrogen-bond donors (Lipinski definition) is 1. The molecular formula is C28H34N8O. The van der Waals surface area contributed by atoms with Crippen LogP contribution in [0.5, 0.6) is 0 Å². The smallest absolute Gasteiger partial charge is 0.130 e. The van der Waals surface area contributed by atoms with Crippen molar-refractivity contribution in [3.63, 3.8) is 0 Å². The molecule has 0 saturated carbocycles. The summed E-state index contributed by atoms with van der Waals surface area (Å²) in [5.74, 6) is 0.969. The molecule has 9 nitrogen and oxygen atoms in total. The van der Waals surface area contributed by atoms with E-state index in [9.17, 15) is 5.26 Å². The molecule has 3 aliphatic rings. The minimum absolute atomic E-state index is 0.000262. The number of pyridine rings is 2. The molecule has 1 aromatic carbocycles. The fraction of sp³-hybridized carbons (Fsp3) is 0.464. The van der Waals surface area contributed by atoms with Crippen LogP contribution in [0.2, 0.25) is 0 Å². The lowest BCUT2D eigenvalue weighted by atomic mass is 10.0. The van der Waals surface area contributed by atoms with E-state index in [1.807, 2.05) is 18.3 Å². The SMILES string of the molecule is C[C@@H]1CN(c2ccc(C#N)c3ncccc23)C[C@@H]2CN(c3ccnc(N4CCOC[C@H](N)C4)c3)CCN21. The average Bonchev–Trinajstić information content (AvgIpc) is 3.16. The highest BCUT2D eigenvalue weighted by atomic mass is 16.5. The largest absolute Gasteiger partial charge is 0.378 e. The number of piperazine rings is 2. The van der Waals surface area contributed by atoms with Gasteiger partial charge in [-0.25, -0.2) is 4.98 Å². The van der Waals surface area contributed by atoms with E-state index in [4.69, 9.17) is 10.5 Å². The molecule has 6 rings (SSSR count). The van der Waals surface area contributed by atoms with Crippen molar-refractivity contribution in [2.45, 2.75) is 25.0 Å². The highest BCUT2D eigenvalue weighted by Gasteiger charge is 2.37. The van der Waals surface area contributed by atoms with E-state index >= 15 is 0 Å². The zero-order valence-electron chi connectivity index (χ0n) is 21.3. The van der Waals surface area contributed by atoms with Crippen LogP contribution >= 0.6 is 0 Å². The number of nitriles is 1. The Labute approximate surface area is 218 Å². The molecule has 3 aliphatic heterocycles. The lowest BCUT2D eigenvalue weighted by molar-refractivity contribution is 0.108. The van der Waals surface area contributed by atoms with Gasteiger partial charge in [-0.1, -0.05) is 0 Å². The maximum atomic E-state index is 9.56. The van der Waals surface area contributed by atoms with Crippen molar-refractivity contribution >= 4 is 28.1 Å². The highest BCUT2D eigenvalue weighted by molar-refractivity contribution is 5.95. The topological polar surface area (TPSA) is 97.8 Å². The molecule has 3 aromatic rings. The van der Waals surface area contributed by atoms with Crippen LogP contribution in [0.4, 0.5) is 17.2 Å². The number of benzene rings is 1. The molecule has 0 bridgehead atoms. The van der Waals surface area contributed by atoms with Gasteiger partial charge in [0, 0.05) is 99.2 Å². The van der Waals surface area contributed by atoms with Crippen molar-refractivity contribution in [3.05, 3.63) is 54.4 Å². The zero-order valence-corrected chi connectivity index (χ0v) is 21.3. The average molecular weight is 499 g/mol. The molecule has 3 atom stereocenters. The van der Waals surface area contributed by atoms with E-state index in [1.165, 1.54) is 5.69 Å². The normalized spacial score (nSPS) is 25.0. The van der Waals surface area contributed by atoms with Gasteiger partial charge in [-0.05, 0) is 37.3 Å². The summed E-state index contributed by atoms with van der Waals surface area (Å²) in [6.07, 6.45) is 3.68. The van der Waals surface area contributed by atoms with Gasteiger partial charge in [-0.15, -0.1) is 0 Å². The fourth-order valence-corrected chi connectivity index (χ4v) is 6.14. The Hall–Kier alpha value is -3.45. The summed E-state index contributed by atoms with van der Waals surface area (Å²) in [6, 6.07) is 15.5. The van der Waals surface area contributed by atoms with Crippen molar-refractivity contribution in [2.75, 3.05) is 73.7 Å². The van der Waals surface area contributed by atoms with Gasteiger partial charge >= 0.3 is 0 Å². The number of nitrogens with zero attached hydrogens (tertiary/aromatic N) is 7. The molecule has 0 spiro atoms. The number of ether oxygens (including phenoxy) is 1. The Bertz CT molecular complexity index is 1310. The summed E-state index contributed by atoms with van der Waals surface area (Å²) >= 11 is 0. The van der Waals surface area contributed by atoms with Gasteiger partial charge in [0.1, 0.15) is 11.9 Å². The van der Waals surface area contributed by atoms with Crippen molar-refractivity contribution < 1.29 is 4.74 Å². The number of anilines is 3. The highest BCUT2D eigenvalue weighted by Crippen LogP contribution is 2.33. The Kier molecular flexibility index (Phi) is 6.55. The maximum absolute atomic E-state index is 9.56. The van der Waals surface area contributed by atoms with Crippen LogP contribution in [0, 0.1) is 11.3 Å². The summed E-state index contributed by atoms with van der Waals surface area (Å²) in [5.41, 5.74) is 9.99. The molecule has 0 unspecified atom stereocenters. The van der Waals surface area contributed by atoms with Gasteiger partial charge in [0.25, 0.3) is 0 Å². The fourth-order valence-electron chi connectivity index (χ4n) is 6.14. The van der Waals surface area contributed by atoms with Gasteiger partial charge in [-0.2, -0.15) is 5.26 Å².